The first-order valence-corrected chi connectivity index (χ1v) is 6.09. The zero-order chi connectivity index (χ0) is 14.0. The number of rotatable bonds is 3. The van der Waals surface area contributed by atoms with E-state index in [2.05, 4.69) is 0 Å². The monoisotopic (exact) mass is 280 g/mol. The Balaban J connectivity index is 2.26. The molecule has 0 amide bonds. The molecule has 1 nitrogen and oxygen atoms in total. The van der Waals surface area contributed by atoms with Crippen LogP contribution in [-0.2, 0) is 6.42 Å². The lowest BCUT2D eigenvalue weighted by molar-refractivity contribution is 0.0991. The molecule has 0 saturated heterocycles. The topological polar surface area (TPSA) is 17.1 Å². The minimum absolute atomic E-state index is 0.0432. The molecule has 4 heteroatoms. The smallest absolute Gasteiger partial charge is 0.167 e. The van der Waals surface area contributed by atoms with Crippen LogP contribution in [0, 0.1) is 18.6 Å². The molecule has 0 aliphatic heterocycles. The van der Waals surface area contributed by atoms with Crippen molar-refractivity contribution in [2.75, 3.05) is 0 Å². The average Bonchev–Trinajstić information content (AvgIpc) is 2.38. The van der Waals surface area contributed by atoms with Gasteiger partial charge in [0.25, 0.3) is 0 Å². The van der Waals surface area contributed by atoms with E-state index in [0.717, 1.165) is 11.6 Å². The molecule has 0 saturated carbocycles. The highest BCUT2D eigenvalue weighted by Gasteiger charge is 2.13. The predicted octanol–water partition coefficient (Wildman–Crippen LogP) is 4.35. The summed E-state index contributed by atoms with van der Waals surface area (Å²) in [5.41, 5.74) is 1.29. The van der Waals surface area contributed by atoms with Gasteiger partial charge in [0.05, 0.1) is 0 Å². The van der Waals surface area contributed by atoms with Gasteiger partial charge in [-0.25, -0.2) is 8.78 Å². The second-order valence-electron chi connectivity index (χ2n) is 4.28. The van der Waals surface area contributed by atoms with E-state index in [4.69, 9.17) is 11.6 Å². The number of hydrogen-bond donors (Lipinski definition) is 0. The Morgan fingerprint density at radius 2 is 1.95 bits per heavy atom. The van der Waals surface area contributed by atoms with E-state index in [0.29, 0.717) is 10.6 Å². The van der Waals surface area contributed by atoms with Gasteiger partial charge in [-0.1, -0.05) is 35.9 Å². The van der Waals surface area contributed by atoms with Crippen molar-refractivity contribution in [1.82, 2.24) is 0 Å². The summed E-state index contributed by atoms with van der Waals surface area (Å²) in [5, 5.41) is 0.477. The lowest BCUT2D eigenvalue weighted by atomic mass is 10.0. The van der Waals surface area contributed by atoms with E-state index in [1.807, 2.05) is 6.92 Å². The maximum atomic E-state index is 13.5. The van der Waals surface area contributed by atoms with E-state index >= 15 is 0 Å². The van der Waals surface area contributed by atoms with Crippen molar-refractivity contribution < 1.29 is 13.6 Å². The van der Waals surface area contributed by atoms with Gasteiger partial charge in [0, 0.05) is 17.0 Å². The second-order valence-corrected chi connectivity index (χ2v) is 4.68. The van der Waals surface area contributed by atoms with Crippen LogP contribution in [0.3, 0.4) is 0 Å². The molecule has 0 aromatic heterocycles. The van der Waals surface area contributed by atoms with Gasteiger partial charge in [-0.3, -0.25) is 4.79 Å². The third-order valence-electron chi connectivity index (χ3n) is 2.88. The number of benzene rings is 2. The maximum absolute atomic E-state index is 13.5. The number of halogens is 3. The molecular weight excluding hydrogens is 270 g/mol. The molecule has 0 aliphatic rings. The van der Waals surface area contributed by atoms with Crippen molar-refractivity contribution >= 4 is 17.4 Å². The van der Waals surface area contributed by atoms with E-state index < -0.39 is 11.6 Å². The van der Waals surface area contributed by atoms with Crippen LogP contribution in [0.1, 0.15) is 21.5 Å². The quantitative estimate of drug-likeness (QED) is 0.764. The van der Waals surface area contributed by atoms with Gasteiger partial charge < -0.3 is 0 Å². The fourth-order valence-electron chi connectivity index (χ4n) is 1.73. The highest BCUT2D eigenvalue weighted by Crippen LogP contribution is 2.19. The number of hydrogen-bond acceptors (Lipinski definition) is 1. The molecule has 0 heterocycles. The van der Waals surface area contributed by atoms with Crippen LogP contribution in [0.15, 0.2) is 36.4 Å². The molecule has 0 N–H and O–H groups in total. The second kappa shape index (κ2) is 5.49. The van der Waals surface area contributed by atoms with Gasteiger partial charge in [0.15, 0.2) is 17.4 Å². The molecule has 0 radical (unpaired) electrons. The van der Waals surface area contributed by atoms with E-state index in [1.54, 1.807) is 12.1 Å². The summed E-state index contributed by atoms with van der Waals surface area (Å²) in [5.74, 6) is -2.23. The van der Waals surface area contributed by atoms with Crippen LogP contribution in [0.2, 0.25) is 5.02 Å². The first kappa shape index (κ1) is 13.7. The van der Waals surface area contributed by atoms with Crippen LogP contribution in [0.5, 0.6) is 0 Å². The van der Waals surface area contributed by atoms with Crippen molar-refractivity contribution in [1.29, 1.82) is 0 Å². The molecule has 0 unspecified atom stereocenters. The summed E-state index contributed by atoms with van der Waals surface area (Å²) in [6, 6.07) is 8.68. The Hall–Kier alpha value is -1.74. The Morgan fingerprint density at radius 1 is 1.21 bits per heavy atom. The molecular formula is C15H11ClF2O. The molecule has 98 valence electrons. The molecule has 0 atom stereocenters. The van der Waals surface area contributed by atoms with Crippen LogP contribution in [-0.4, -0.2) is 5.78 Å². The van der Waals surface area contributed by atoms with E-state index in [1.165, 1.54) is 18.2 Å². The van der Waals surface area contributed by atoms with Crippen molar-refractivity contribution in [3.63, 3.8) is 0 Å². The average molecular weight is 281 g/mol. The lowest BCUT2D eigenvalue weighted by Crippen LogP contribution is -2.06. The van der Waals surface area contributed by atoms with Crippen molar-refractivity contribution in [2.24, 2.45) is 0 Å². The normalized spacial score (nSPS) is 10.5. The zero-order valence-corrected chi connectivity index (χ0v) is 11.0. The van der Waals surface area contributed by atoms with Crippen LogP contribution < -0.4 is 0 Å². The van der Waals surface area contributed by atoms with Gasteiger partial charge >= 0.3 is 0 Å². The summed E-state index contributed by atoms with van der Waals surface area (Å²) >= 11 is 5.93. The van der Waals surface area contributed by atoms with Gasteiger partial charge in [0.2, 0.25) is 0 Å². The number of Topliss-reactive ketones (excluding diaryl/α,β-unsaturated/α-hetero) is 1. The Bertz CT molecular complexity index is 638. The third kappa shape index (κ3) is 2.99. The summed E-state index contributed by atoms with van der Waals surface area (Å²) in [6.45, 7) is 1.82. The summed E-state index contributed by atoms with van der Waals surface area (Å²) in [6.07, 6.45) is -0.191. The van der Waals surface area contributed by atoms with Gasteiger partial charge in [0.1, 0.15) is 0 Å². The predicted molar refractivity (Wildman–Crippen MR) is 70.6 cm³/mol. The molecule has 2 rings (SSSR count). The van der Waals surface area contributed by atoms with E-state index in [9.17, 15) is 13.6 Å². The summed E-state index contributed by atoms with van der Waals surface area (Å²) < 4.78 is 26.5. The first-order valence-electron chi connectivity index (χ1n) is 5.71. The third-order valence-corrected chi connectivity index (χ3v) is 3.28. The van der Waals surface area contributed by atoms with Crippen molar-refractivity contribution in [3.8, 4) is 0 Å². The Morgan fingerprint density at radius 3 is 2.63 bits per heavy atom. The molecule has 0 aliphatic carbocycles. The standard InChI is InChI=1S/C15H11ClF2O/c1-9-5-6-10(7-12(9)16)14(19)8-11-3-2-4-13(17)15(11)18/h2-7H,8H2,1H3. The molecule has 0 fully saturated rings. The van der Waals surface area contributed by atoms with Crippen LogP contribution >= 0.6 is 11.6 Å². The fourth-order valence-corrected chi connectivity index (χ4v) is 1.91. The molecule has 2 aromatic rings. The minimum atomic E-state index is -0.978. The van der Waals surface area contributed by atoms with Crippen LogP contribution in [0.25, 0.3) is 0 Å². The first-order chi connectivity index (χ1) is 8.99. The minimum Gasteiger partial charge on any atom is -0.294 e. The fraction of sp³-hybridized carbons (Fsp3) is 0.133. The molecule has 0 spiro atoms. The number of carbonyl (C=O) groups is 1. The number of carbonyl (C=O) groups excluding carboxylic acids is 1. The summed E-state index contributed by atoms with van der Waals surface area (Å²) in [4.78, 5) is 12.0. The molecule has 0 bridgehead atoms. The highest BCUT2D eigenvalue weighted by atomic mass is 35.5. The summed E-state index contributed by atoms with van der Waals surface area (Å²) in [7, 11) is 0. The molecule has 2 aromatic carbocycles. The zero-order valence-electron chi connectivity index (χ0n) is 10.2. The van der Waals surface area contributed by atoms with Gasteiger partial charge in [-0.05, 0) is 30.2 Å². The lowest BCUT2D eigenvalue weighted by Gasteiger charge is -2.05. The van der Waals surface area contributed by atoms with Crippen molar-refractivity contribution in [3.05, 3.63) is 69.7 Å². The van der Waals surface area contributed by atoms with Gasteiger partial charge in [-0.2, -0.15) is 0 Å². The van der Waals surface area contributed by atoms with Crippen molar-refractivity contribution in [2.45, 2.75) is 13.3 Å². The Kier molecular flexibility index (Phi) is 3.96. The Labute approximate surface area is 114 Å². The largest absolute Gasteiger partial charge is 0.294 e. The SMILES string of the molecule is Cc1ccc(C(=O)Cc2cccc(F)c2F)cc1Cl. The van der Waals surface area contributed by atoms with Gasteiger partial charge in [-0.15, -0.1) is 0 Å². The van der Waals surface area contributed by atoms with E-state index in [-0.39, 0.29) is 17.8 Å². The number of aryl methyl sites for hydroxylation is 1. The molecule has 19 heavy (non-hydrogen) atoms. The highest BCUT2D eigenvalue weighted by molar-refractivity contribution is 6.31. The maximum Gasteiger partial charge on any atom is 0.167 e. The van der Waals surface area contributed by atoms with Crippen LogP contribution in [0.4, 0.5) is 8.78 Å². The number of ketones is 1.